The fraction of sp³-hybridized carbons (Fsp3) is 0.167. The molecule has 1 aromatic carbocycles. The second-order valence-corrected chi connectivity index (χ2v) is 4.74. The molecule has 1 aliphatic rings. The van der Waals surface area contributed by atoms with Crippen LogP contribution in [0.5, 0.6) is 0 Å². The van der Waals surface area contributed by atoms with Crippen molar-refractivity contribution in [1.29, 1.82) is 0 Å². The zero-order chi connectivity index (χ0) is 13.3. The van der Waals surface area contributed by atoms with Crippen LogP contribution in [-0.2, 0) is 9.59 Å². The number of hydrogen-bond acceptors (Lipinski definition) is 4. The Labute approximate surface area is 112 Å². The van der Waals surface area contributed by atoms with Gasteiger partial charge in [0, 0.05) is 4.47 Å². The Morgan fingerprint density at radius 3 is 2.83 bits per heavy atom. The number of halogens is 1. The molecule has 1 heterocycles. The van der Waals surface area contributed by atoms with Crippen LogP contribution in [0.4, 0.5) is 5.69 Å². The lowest BCUT2D eigenvalue weighted by Crippen LogP contribution is -2.40. The van der Waals surface area contributed by atoms with Gasteiger partial charge < -0.3 is 5.73 Å². The van der Waals surface area contributed by atoms with Crippen LogP contribution in [0.2, 0.25) is 0 Å². The Hall–Kier alpha value is -1.91. The van der Waals surface area contributed by atoms with E-state index in [2.05, 4.69) is 21.0 Å². The highest BCUT2D eigenvalue weighted by atomic mass is 79.9. The molecule has 0 spiro atoms. The fourth-order valence-electron chi connectivity index (χ4n) is 1.69. The molecule has 0 saturated heterocycles. The van der Waals surface area contributed by atoms with Crippen LogP contribution in [0.15, 0.2) is 33.3 Å². The van der Waals surface area contributed by atoms with Gasteiger partial charge >= 0.3 is 0 Å². The summed E-state index contributed by atoms with van der Waals surface area (Å²) in [6.07, 6.45) is 1.30. The lowest BCUT2D eigenvalue weighted by molar-refractivity contribution is -0.118. The molecule has 0 aromatic heterocycles. The van der Waals surface area contributed by atoms with Gasteiger partial charge in [-0.3, -0.25) is 4.79 Å². The zero-order valence-corrected chi connectivity index (χ0v) is 11.1. The number of carbonyl (C=O) groups is 1. The quantitative estimate of drug-likeness (QED) is 0.833. The third-order valence-electron chi connectivity index (χ3n) is 2.67. The Morgan fingerprint density at radius 1 is 1.56 bits per heavy atom. The highest BCUT2D eigenvalue weighted by Gasteiger charge is 2.33. The van der Waals surface area contributed by atoms with Gasteiger partial charge in [0.2, 0.25) is 5.91 Å². The third kappa shape index (κ3) is 2.08. The first-order chi connectivity index (χ1) is 8.54. The molecule has 92 valence electrons. The number of aryl methyl sites for hydroxylation is 1. The third-order valence-corrected chi connectivity index (χ3v) is 3.52. The summed E-state index contributed by atoms with van der Waals surface area (Å²) >= 11 is 3.40. The van der Waals surface area contributed by atoms with Gasteiger partial charge in [-0.1, -0.05) is 22.0 Å². The Bertz CT molecular complexity index is 591. The number of anilines is 1. The van der Waals surface area contributed by atoms with E-state index in [0.29, 0.717) is 5.69 Å². The Kier molecular flexibility index (Phi) is 3.32. The number of amides is 1. The van der Waals surface area contributed by atoms with Crippen molar-refractivity contribution in [3.05, 3.63) is 33.8 Å². The average Bonchev–Trinajstić information content (AvgIpc) is 2.76. The van der Waals surface area contributed by atoms with Crippen LogP contribution in [0.25, 0.3) is 0 Å². The first kappa shape index (κ1) is 12.5. The maximum Gasteiger partial charge on any atom is 0.247 e. The number of hydrazone groups is 1. The molecule has 1 atom stereocenters. The Balaban J connectivity index is 2.44. The largest absolute Gasteiger partial charge is 0.367 e. The summed E-state index contributed by atoms with van der Waals surface area (Å²) in [5.74, 6) is 1.05. The molecule has 0 saturated carbocycles. The van der Waals surface area contributed by atoms with Crippen LogP contribution in [0.3, 0.4) is 0 Å². The maximum absolute atomic E-state index is 11.4. The van der Waals surface area contributed by atoms with Gasteiger partial charge in [0.25, 0.3) is 0 Å². The van der Waals surface area contributed by atoms with Crippen molar-refractivity contribution in [3.63, 3.8) is 0 Å². The predicted molar refractivity (Wildman–Crippen MR) is 72.0 cm³/mol. The monoisotopic (exact) mass is 307 g/mol. The van der Waals surface area contributed by atoms with E-state index in [1.165, 1.54) is 11.2 Å². The molecule has 0 radical (unpaired) electrons. The highest BCUT2D eigenvalue weighted by molar-refractivity contribution is 9.10. The summed E-state index contributed by atoms with van der Waals surface area (Å²) in [6.45, 7) is 1.95. The molecule has 18 heavy (non-hydrogen) atoms. The minimum absolute atomic E-state index is 0.138. The molecule has 1 unspecified atom stereocenters. The van der Waals surface area contributed by atoms with Crippen molar-refractivity contribution >= 4 is 39.7 Å². The van der Waals surface area contributed by atoms with Crippen molar-refractivity contribution in [3.8, 4) is 0 Å². The standard InChI is InChI=1S/C12H10BrN3O2/c1-7-2-3-9(4-10(7)13)16-11(12(14)18)8(6-17)5-15-16/h2-5,11H,1H3,(H2,14,18). The molecule has 0 aliphatic carbocycles. The van der Waals surface area contributed by atoms with Crippen LogP contribution >= 0.6 is 15.9 Å². The predicted octanol–water partition coefficient (Wildman–Crippen LogP) is 1.18. The fourth-order valence-corrected chi connectivity index (χ4v) is 2.06. The SMILES string of the molecule is Cc1ccc(N2N=CC(=C=O)C2C(N)=O)cc1Br. The van der Waals surface area contributed by atoms with Crippen molar-refractivity contribution in [2.45, 2.75) is 13.0 Å². The number of carbonyl (C=O) groups excluding carboxylic acids is 2. The van der Waals surface area contributed by atoms with Gasteiger partial charge in [-0.05, 0) is 24.6 Å². The van der Waals surface area contributed by atoms with Crippen molar-refractivity contribution in [2.75, 3.05) is 5.01 Å². The van der Waals surface area contributed by atoms with Crippen molar-refractivity contribution < 1.29 is 9.59 Å². The first-order valence-corrected chi connectivity index (χ1v) is 5.97. The van der Waals surface area contributed by atoms with Crippen LogP contribution in [0, 0.1) is 6.92 Å². The summed E-state index contributed by atoms with van der Waals surface area (Å²) in [5.41, 5.74) is 7.16. The van der Waals surface area contributed by atoms with Crippen molar-refractivity contribution in [1.82, 2.24) is 0 Å². The minimum Gasteiger partial charge on any atom is -0.367 e. The maximum atomic E-state index is 11.4. The van der Waals surface area contributed by atoms with Crippen LogP contribution in [0.1, 0.15) is 5.56 Å². The normalized spacial score (nSPS) is 18.0. The van der Waals surface area contributed by atoms with Crippen LogP contribution in [-0.4, -0.2) is 24.1 Å². The zero-order valence-electron chi connectivity index (χ0n) is 9.55. The summed E-state index contributed by atoms with van der Waals surface area (Å²) in [5, 5.41) is 5.43. The molecule has 1 aromatic rings. The number of nitrogens with zero attached hydrogens (tertiary/aromatic N) is 2. The van der Waals surface area contributed by atoms with Gasteiger partial charge in [-0.2, -0.15) is 5.10 Å². The topological polar surface area (TPSA) is 75.8 Å². The number of primary amides is 1. The van der Waals surface area contributed by atoms with E-state index >= 15 is 0 Å². The van der Waals surface area contributed by atoms with E-state index in [1.54, 1.807) is 12.0 Å². The summed E-state index contributed by atoms with van der Waals surface area (Å²) in [6, 6.07) is 4.62. The molecule has 0 fully saturated rings. The molecule has 2 rings (SSSR count). The molecular weight excluding hydrogens is 298 g/mol. The average molecular weight is 308 g/mol. The number of rotatable bonds is 2. The van der Waals surface area contributed by atoms with Crippen LogP contribution < -0.4 is 10.7 Å². The molecule has 2 N–H and O–H groups in total. The van der Waals surface area contributed by atoms with E-state index < -0.39 is 11.9 Å². The minimum atomic E-state index is -0.892. The Morgan fingerprint density at radius 2 is 2.28 bits per heavy atom. The molecular formula is C12H10BrN3O2. The first-order valence-electron chi connectivity index (χ1n) is 5.18. The summed E-state index contributed by atoms with van der Waals surface area (Å²) < 4.78 is 0.891. The van der Waals surface area contributed by atoms with Gasteiger partial charge in [-0.25, -0.2) is 9.80 Å². The number of benzene rings is 1. The smallest absolute Gasteiger partial charge is 0.247 e. The van der Waals surface area contributed by atoms with E-state index in [0.717, 1.165) is 10.0 Å². The molecule has 1 aliphatic heterocycles. The van der Waals surface area contributed by atoms with E-state index in [9.17, 15) is 9.59 Å². The lowest BCUT2D eigenvalue weighted by Gasteiger charge is -2.21. The number of nitrogens with two attached hydrogens (primary N) is 1. The van der Waals surface area contributed by atoms with Gasteiger partial charge in [0.15, 0.2) is 6.04 Å². The second-order valence-electron chi connectivity index (χ2n) is 3.88. The van der Waals surface area contributed by atoms with E-state index in [1.807, 2.05) is 19.1 Å². The van der Waals surface area contributed by atoms with Gasteiger partial charge in [0.05, 0.1) is 17.5 Å². The van der Waals surface area contributed by atoms with Gasteiger partial charge in [0.1, 0.15) is 5.94 Å². The molecule has 5 nitrogen and oxygen atoms in total. The lowest BCUT2D eigenvalue weighted by atomic mass is 10.1. The summed E-state index contributed by atoms with van der Waals surface area (Å²) in [7, 11) is 0. The van der Waals surface area contributed by atoms with E-state index in [4.69, 9.17) is 5.73 Å². The molecule has 0 bridgehead atoms. The van der Waals surface area contributed by atoms with Crippen molar-refractivity contribution in [2.24, 2.45) is 10.8 Å². The molecule has 6 heteroatoms. The summed E-state index contributed by atoms with van der Waals surface area (Å²) in [4.78, 5) is 22.1. The molecule has 1 amide bonds. The second kappa shape index (κ2) is 4.76. The van der Waals surface area contributed by atoms with Gasteiger partial charge in [-0.15, -0.1) is 0 Å². The van der Waals surface area contributed by atoms with E-state index in [-0.39, 0.29) is 5.57 Å². The number of hydrogen-bond donors (Lipinski definition) is 1. The highest BCUT2D eigenvalue weighted by Crippen LogP contribution is 2.28.